The van der Waals surface area contributed by atoms with Crippen LogP contribution in [0.4, 0.5) is 4.39 Å². The minimum atomic E-state index is -0.316. The minimum absolute atomic E-state index is 0.168. The predicted octanol–water partition coefficient (Wildman–Crippen LogP) is 3.42. The van der Waals surface area contributed by atoms with Gasteiger partial charge in [0.2, 0.25) is 0 Å². The lowest BCUT2D eigenvalue weighted by Crippen LogP contribution is -2.30. The molecule has 0 bridgehead atoms. The van der Waals surface area contributed by atoms with Crippen LogP contribution in [0.2, 0.25) is 0 Å². The van der Waals surface area contributed by atoms with E-state index in [1.807, 2.05) is 0 Å². The van der Waals surface area contributed by atoms with E-state index in [9.17, 15) is 9.18 Å². The van der Waals surface area contributed by atoms with Gasteiger partial charge in [-0.05, 0) is 43.2 Å². The second kappa shape index (κ2) is 6.33. The van der Waals surface area contributed by atoms with Gasteiger partial charge in [-0.15, -0.1) is 0 Å². The quantitative estimate of drug-likeness (QED) is 0.788. The van der Waals surface area contributed by atoms with Crippen molar-refractivity contribution in [3.05, 3.63) is 53.5 Å². The van der Waals surface area contributed by atoms with Gasteiger partial charge in [-0.25, -0.2) is 9.37 Å². The molecule has 1 unspecified atom stereocenters. The highest BCUT2D eigenvalue weighted by atomic mass is 19.1. The number of furan rings is 1. The number of imidazole rings is 1. The van der Waals surface area contributed by atoms with Crippen LogP contribution in [0.3, 0.4) is 0 Å². The largest absolute Gasteiger partial charge is 0.453 e. The van der Waals surface area contributed by atoms with Crippen LogP contribution in [0.1, 0.15) is 41.0 Å². The Morgan fingerprint density at radius 1 is 1.44 bits per heavy atom. The summed E-state index contributed by atoms with van der Waals surface area (Å²) >= 11 is 0. The van der Waals surface area contributed by atoms with Gasteiger partial charge in [0, 0.05) is 13.7 Å². The standard InChI is InChI=1S/C18H18FN3O3/c1-24-10-12-5-7-16(25-12)18(23)22-8-2-3-15(22)17-20-13-6-4-11(19)9-14(13)21-17/h4-7,9,15H,2-3,8,10H2,1H3,(H,20,21). The van der Waals surface area contributed by atoms with E-state index in [4.69, 9.17) is 9.15 Å². The van der Waals surface area contributed by atoms with E-state index < -0.39 is 0 Å². The summed E-state index contributed by atoms with van der Waals surface area (Å²) < 4.78 is 24.0. The second-order valence-electron chi connectivity index (χ2n) is 6.14. The van der Waals surface area contributed by atoms with Gasteiger partial charge in [-0.3, -0.25) is 4.79 Å². The van der Waals surface area contributed by atoms with Gasteiger partial charge in [0.15, 0.2) is 5.76 Å². The van der Waals surface area contributed by atoms with E-state index in [0.717, 1.165) is 12.8 Å². The second-order valence-corrected chi connectivity index (χ2v) is 6.14. The van der Waals surface area contributed by atoms with E-state index in [2.05, 4.69) is 9.97 Å². The molecule has 3 aromatic rings. The molecule has 130 valence electrons. The molecule has 1 N–H and O–H groups in total. The number of hydrogen-bond donors (Lipinski definition) is 1. The number of fused-ring (bicyclic) bond motifs is 1. The van der Waals surface area contributed by atoms with E-state index in [1.54, 1.807) is 30.2 Å². The fourth-order valence-electron chi connectivity index (χ4n) is 3.31. The van der Waals surface area contributed by atoms with Gasteiger partial charge in [0.05, 0.1) is 17.1 Å². The Morgan fingerprint density at radius 3 is 3.16 bits per heavy atom. The van der Waals surface area contributed by atoms with Crippen molar-refractivity contribution >= 4 is 16.9 Å². The van der Waals surface area contributed by atoms with Crippen molar-refractivity contribution in [2.45, 2.75) is 25.5 Å². The number of aromatic nitrogens is 2. The first-order valence-electron chi connectivity index (χ1n) is 8.19. The lowest BCUT2D eigenvalue weighted by molar-refractivity contribution is 0.0690. The molecule has 7 heteroatoms. The molecule has 1 fully saturated rings. The zero-order valence-corrected chi connectivity index (χ0v) is 13.8. The molecule has 0 saturated carbocycles. The molecular weight excluding hydrogens is 325 g/mol. The summed E-state index contributed by atoms with van der Waals surface area (Å²) in [7, 11) is 1.57. The number of amides is 1. The Hall–Kier alpha value is -2.67. The molecule has 1 atom stereocenters. The summed E-state index contributed by atoms with van der Waals surface area (Å²) in [6.07, 6.45) is 1.69. The molecule has 3 heterocycles. The van der Waals surface area contributed by atoms with Crippen LogP contribution < -0.4 is 0 Å². The number of carbonyl (C=O) groups is 1. The SMILES string of the molecule is COCc1ccc(C(=O)N2CCCC2c2nc3ccc(F)cc3[nH]2)o1. The monoisotopic (exact) mass is 343 g/mol. The summed E-state index contributed by atoms with van der Waals surface area (Å²) in [4.78, 5) is 22.2. The van der Waals surface area contributed by atoms with Crippen molar-refractivity contribution in [1.29, 1.82) is 0 Å². The van der Waals surface area contributed by atoms with Crippen molar-refractivity contribution in [3.8, 4) is 0 Å². The van der Waals surface area contributed by atoms with Crippen molar-refractivity contribution in [2.75, 3.05) is 13.7 Å². The maximum atomic E-state index is 13.4. The molecule has 6 nitrogen and oxygen atoms in total. The van der Waals surface area contributed by atoms with Gasteiger partial charge in [0.1, 0.15) is 24.0 Å². The normalized spacial score (nSPS) is 17.5. The van der Waals surface area contributed by atoms with Crippen LogP contribution in [-0.2, 0) is 11.3 Å². The Balaban J connectivity index is 1.61. The number of aromatic amines is 1. The summed E-state index contributed by atoms with van der Waals surface area (Å²) in [6, 6.07) is 7.67. The molecule has 2 aromatic heterocycles. The number of H-pyrrole nitrogens is 1. The van der Waals surface area contributed by atoms with Crippen LogP contribution in [0.15, 0.2) is 34.7 Å². The highest BCUT2D eigenvalue weighted by molar-refractivity contribution is 5.92. The number of nitrogens with zero attached hydrogens (tertiary/aromatic N) is 2. The zero-order chi connectivity index (χ0) is 17.4. The Bertz CT molecular complexity index is 917. The zero-order valence-electron chi connectivity index (χ0n) is 13.8. The number of nitrogens with one attached hydrogen (secondary N) is 1. The summed E-state index contributed by atoms with van der Waals surface area (Å²) in [5.41, 5.74) is 1.32. The third kappa shape index (κ3) is 2.91. The highest BCUT2D eigenvalue weighted by Gasteiger charge is 2.34. The lowest BCUT2D eigenvalue weighted by atomic mass is 10.2. The van der Waals surface area contributed by atoms with Gasteiger partial charge < -0.3 is 19.0 Å². The lowest BCUT2D eigenvalue weighted by Gasteiger charge is -2.22. The minimum Gasteiger partial charge on any atom is -0.453 e. The average molecular weight is 343 g/mol. The van der Waals surface area contributed by atoms with Gasteiger partial charge in [-0.1, -0.05) is 0 Å². The maximum Gasteiger partial charge on any atom is 0.290 e. The fraction of sp³-hybridized carbons (Fsp3) is 0.333. The van der Waals surface area contributed by atoms with E-state index in [0.29, 0.717) is 41.5 Å². The van der Waals surface area contributed by atoms with Gasteiger partial charge in [-0.2, -0.15) is 0 Å². The topological polar surface area (TPSA) is 71.4 Å². The Labute approximate surface area is 143 Å². The third-order valence-electron chi connectivity index (χ3n) is 4.45. The number of halogens is 1. The summed E-state index contributed by atoms with van der Waals surface area (Å²) in [6.45, 7) is 0.959. The molecule has 1 aliphatic heterocycles. The molecule has 0 spiro atoms. The third-order valence-corrected chi connectivity index (χ3v) is 4.45. The number of hydrogen-bond acceptors (Lipinski definition) is 4. The predicted molar refractivity (Wildman–Crippen MR) is 88.5 cm³/mol. The van der Waals surface area contributed by atoms with Crippen LogP contribution in [0.5, 0.6) is 0 Å². The van der Waals surface area contributed by atoms with Crippen LogP contribution >= 0.6 is 0 Å². The Kier molecular flexibility index (Phi) is 4.01. The molecular formula is C18H18FN3O3. The first-order valence-corrected chi connectivity index (χ1v) is 8.19. The fourth-order valence-corrected chi connectivity index (χ4v) is 3.31. The summed E-state index contributed by atoms with van der Waals surface area (Å²) in [5, 5.41) is 0. The number of likely N-dealkylation sites (tertiary alicyclic amines) is 1. The van der Waals surface area contributed by atoms with E-state index >= 15 is 0 Å². The molecule has 1 aromatic carbocycles. The smallest absolute Gasteiger partial charge is 0.290 e. The number of rotatable bonds is 4. The maximum absolute atomic E-state index is 13.4. The number of benzene rings is 1. The van der Waals surface area contributed by atoms with Crippen molar-refractivity contribution < 1.29 is 18.3 Å². The number of ether oxygens (including phenoxy) is 1. The number of carbonyl (C=O) groups excluding carboxylic acids is 1. The van der Waals surface area contributed by atoms with Crippen molar-refractivity contribution in [2.24, 2.45) is 0 Å². The molecule has 0 radical (unpaired) electrons. The first-order chi connectivity index (χ1) is 12.2. The van der Waals surface area contributed by atoms with Crippen molar-refractivity contribution in [3.63, 3.8) is 0 Å². The molecule has 1 saturated heterocycles. The van der Waals surface area contributed by atoms with E-state index in [1.165, 1.54) is 12.1 Å². The first kappa shape index (κ1) is 15.8. The van der Waals surface area contributed by atoms with Crippen LogP contribution in [-0.4, -0.2) is 34.4 Å². The van der Waals surface area contributed by atoms with E-state index in [-0.39, 0.29) is 17.8 Å². The average Bonchev–Trinajstić information content (AvgIpc) is 3.32. The Morgan fingerprint density at radius 2 is 2.32 bits per heavy atom. The molecule has 1 aliphatic rings. The van der Waals surface area contributed by atoms with Gasteiger partial charge >= 0.3 is 0 Å². The highest BCUT2D eigenvalue weighted by Crippen LogP contribution is 2.33. The molecule has 25 heavy (non-hydrogen) atoms. The van der Waals surface area contributed by atoms with Crippen molar-refractivity contribution in [1.82, 2.24) is 14.9 Å². The van der Waals surface area contributed by atoms with Crippen LogP contribution in [0.25, 0.3) is 11.0 Å². The van der Waals surface area contributed by atoms with Crippen LogP contribution in [0, 0.1) is 5.82 Å². The summed E-state index contributed by atoms with van der Waals surface area (Å²) in [5.74, 6) is 1.09. The molecule has 4 rings (SSSR count). The molecule has 1 amide bonds. The van der Waals surface area contributed by atoms with Gasteiger partial charge in [0.25, 0.3) is 5.91 Å². The number of methoxy groups -OCH3 is 1. The molecule has 0 aliphatic carbocycles.